The molecule has 1 aliphatic heterocycles. The van der Waals surface area contributed by atoms with E-state index in [0.717, 1.165) is 25.9 Å². The van der Waals surface area contributed by atoms with E-state index in [1.54, 1.807) is 11.0 Å². The number of rotatable bonds is 7. The molecule has 148 valence electrons. The van der Waals surface area contributed by atoms with Crippen molar-refractivity contribution in [1.82, 2.24) is 4.90 Å². The zero-order valence-corrected chi connectivity index (χ0v) is 16.1. The number of benzene rings is 1. The smallest absolute Gasteiger partial charge is 0.341 e. The van der Waals surface area contributed by atoms with Gasteiger partial charge in [-0.25, -0.2) is 4.79 Å². The van der Waals surface area contributed by atoms with E-state index in [1.807, 2.05) is 18.7 Å². The van der Waals surface area contributed by atoms with Crippen molar-refractivity contribution < 1.29 is 19.2 Å². The van der Waals surface area contributed by atoms with E-state index >= 15 is 0 Å². The number of nitrogens with zero attached hydrogens (tertiary/aromatic N) is 3. The van der Waals surface area contributed by atoms with E-state index < -0.39 is 10.9 Å². The van der Waals surface area contributed by atoms with Gasteiger partial charge in [0.25, 0.3) is 11.6 Å². The van der Waals surface area contributed by atoms with Gasteiger partial charge < -0.3 is 14.5 Å². The Morgan fingerprint density at radius 3 is 2.44 bits per heavy atom. The van der Waals surface area contributed by atoms with E-state index in [-0.39, 0.29) is 23.8 Å². The van der Waals surface area contributed by atoms with Gasteiger partial charge in [-0.1, -0.05) is 6.92 Å². The minimum atomic E-state index is -0.715. The maximum atomic E-state index is 12.6. The van der Waals surface area contributed by atoms with Crippen LogP contribution in [-0.4, -0.2) is 54.5 Å². The average molecular weight is 377 g/mol. The number of anilines is 1. The summed E-state index contributed by atoms with van der Waals surface area (Å²) in [5.74, 6) is -0.388. The second-order valence-electron chi connectivity index (χ2n) is 6.77. The van der Waals surface area contributed by atoms with Gasteiger partial charge >= 0.3 is 5.97 Å². The standard InChI is InChI=1S/C19H27N3O5/c1-4-20(5-2)18(23)13-27-19(24)16-12-15(22(25)26)6-7-17(16)21-10-8-14(3)9-11-21/h6-7,12,14H,4-5,8-11,13H2,1-3H3. The van der Waals surface area contributed by atoms with Crippen LogP contribution in [-0.2, 0) is 9.53 Å². The number of esters is 1. The number of nitro benzene ring substituents is 1. The first-order valence-corrected chi connectivity index (χ1v) is 9.35. The van der Waals surface area contributed by atoms with Crippen molar-refractivity contribution in [2.75, 3.05) is 37.7 Å². The lowest BCUT2D eigenvalue weighted by molar-refractivity contribution is -0.384. The van der Waals surface area contributed by atoms with Crippen LogP contribution in [0, 0.1) is 16.0 Å². The predicted molar refractivity (Wildman–Crippen MR) is 102 cm³/mol. The summed E-state index contributed by atoms with van der Waals surface area (Å²) in [5, 5.41) is 11.1. The van der Waals surface area contributed by atoms with E-state index in [0.29, 0.717) is 24.7 Å². The second kappa shape index (κ2) is 9.34. The fourth-order valence-corrected chi connectivity index (χ4v) is 3.20. The summed E-state index contributed by atoms with van der Waals surface area (Å²) < 4.78 is 5.18. The van der Waals surface area contributed by atoms with Gasteiger partial charge in [-0.15, -0.1) is 0 Å². The Kier molecular flexibility index (Phi) is 7.15. The summed E-state index contributed by atoms with van der Waals surface area (Å²) in [6.07, 6.45) is 1.98. The molecule has 0 radical (unpaired) electrons. The van der Waals surface area contributed by atoms with Crippen LogP contribution in [0.4, 0.5) is 11.4 Å². The maximum absolute atomic E-state index is 12.6. The van der Waals surface area contributed by atoms with Gasteiger partial charge in [0.15, 0.2) is 6.61 Å². The second-order valence-corrected chi connectivity index (χ2v) is 6.77. The molecule has 0 saturated carbocycles. The topological polar surface area (TPSA) is 93.0 Å². The summed E-state index contributed by atoms with van der Waals surface area (Å²) in [4.78, 5) is 38.9. The number of carbonyl (C=O) groups is 2. The molecule has 0 atom stereocenters. The first-order valence-electron chi connectivity index (χ1n) is 9.35. The number of non-ortho nitro benzene ring substituents is 1. The molecule has 1 fully saturated rings. The third-order valence-electron chi connectivity index (χ3n) is 4.98. The molecule has 1 heterocycles. The van der Waals surface area contributed by atoms with E-state index in [4.69, 9.17) is 4.74 Å². The molecule has 0 spiro atoms. The third kappa shape index (κ3) is 5.18. The van der Waals surface area contributed by atoms with Crippen LogP contribution >= 0.6 is 0 Å². The number of carbonyl (C=O) groups excluding carboxylic acids is 2. The van der Waals surface area contributed by atoms with E-state index in [2.05, 4.69) is 6.92 Å². The highest BCUT2D eigenvalue weighted by atomic mass is 16.6. The maximum Gasteiger partial charge on any atom is 0.341 e. The van der Waals surface area contributed by atoms with E-state index in [1.165, 1.54) is 12.1 Å². The fourth-order valence-electron chi connectivity index (χ4n) is 3.20. The molecule has 0 unspecified atom stereocenters. The summed E-state index contributed by atoms with van der Waals surface area (Å²) in [7, 11) is 0. The Balaban J connectivity index is 2.21. The van der Waals surface area contributed by atoms with Crippen LogP contribution in [0.2, 0.25) is 0 Å². The van der Waals surface area contributed by atoms with Crippen molar-refractivity contribution >= 4 is 23.3 Å². The molecule has 1 amide bonds. The first kappa shape index (κ1) is 20.7. The molecule has 0 aromatic heterocycles. The normalized spacial score (nSPS) is 14.7. The zero-order chi connectivity index (χ0) is 20.0. The lowest BCUT2D eigenvalue weighted by Gasteiger charge is -2.33. The molecule has 1 saturated heterocycles. The van der Waals surface area contributed by atoms with Gasteiger partial charge in [-0.05, 0) is 38.7 Å². The highest BCUT2D eigenvalue weighted by Crippen LogP contribution is 2.29. The molecule has 1 aromatic carbocycles. The van der Waals surface area contributed by atoms with Crippen LogP contribution < -0.4 is 4.90 Å². The largest absolute Gasteiger partial charge is 0.452 e. The van der Waals surface area contributed by atoms with Gasteiger partial charge in [-0.2, -0.15) is 0 Å². The highest BCUT2D eigenvalue weighted by molar-refractivity contribution is 5.97. The van der Waals surface area contributed by atoms with Crippen LogP contribution in [0.15, 0.2) is 18.2 Å². The van der Waals surface area contributed by atoms with Gasteiger partial charge in [0.2, 0.25) is 0 Å². The summed E-state index contributed by atoms with van der Waals surface area (Å²) in [6.45, 7) is 8.11. The van der Waals surface area contributed by atoms with Crippen LogP contribution in [0.5, 0.6) is 0 Å². The van der Waals surface area contributed by atoms with E-state index in [9.17, 15) is 19.7 Å². The number of amides is 1. The molecule has 1 aromatic rings. The molecular formula is C19H27N3O5. The summed E-state index contributed by atoms with van der Waals surface area (Å²) in [6, 6.07) is 4.22. The molecule has 8 heteroatoms. The van der Waals surface area contributed by atoms with Crippen molar-refractivity contribution in [2.45, 2.75) is 33.6 Å². The predicted octanol–water partition coefficient (Wildman–Crippen LogP) is 2.86. The SMILES string of the molecule is CCN(CC)C(=O)COC(=O)c1cc([N+](=O)[O-])ccc1N1CCC(C)CC1. The van der Waals surface area contributed by atoms with Crippen molar-refractivity contribution in [3.05, 3.63) is 33.9 Å². The molecule has 2 rings (SSSR count). The Morgan fingerprint density at radius 1 is 1.26 bits per heavy atom. The number of nitro groups is 1. The Labute approximate surface area is 159 Å². The fraction of sp³-hybridized carbons (Fsp3) is 0.579. The highest BCUT2D eigenvalue weighted by Gasteiger charge is 2.25. The Bertz CT molecular complexity index is 695. The quantitative estimate of drug-likeness (QED) is 0.412. The van der Waals surface area contributed by atoms with Crippen molar-refractivity contribution in [3.63, 3.8) is 0 Å². The van der Waals surface area contributed by atoms with Crippen LogP contribution in [0.3, 0.4) is 0 Å². The number of piperidine rings is 1. The molecule has 27 heavy (non-hydrogen) atoms. The summed E-state index contributed by atoms with van der Waals surface area (Å²) >= 11 is 0. The van der Waals surface area contributed by atoms with Gasteiger partial charge in [0.05, 0.1) is 16.2 Å². The molecule has 8 nitrogen and oxygen atoms in total. The van der Waals surface area contributed by atoms with Crippen LogP contribution in [0.25, 0.3) is 0 Å². The molecule has 0 N–H and O–H groups in total. The van der Waals surface area contributed by atoms with Gasteiger partial charge in [0.1, 0.15) is 0 Å². The number of hydrogen-bond donors (Lipinski definition) is 0. The van der Waals surface area contributed by atoms with Crippen molar-refractivity contribution in [1.29, 1.82) is 0 Å². The average Bonchev–Trinajstić information content (AvgIpc) is 2.67. The van der Waals surface area contributed by atoms with Crippen molar-refractivity contribution in [3.8, 4) is 0 Å². The lowest BCUT2D eigenvalue weighted by atomic mass is 9.98. The third-order valence-corrected chi connectivity index (χ3v) is 4.98. The monoisotopic (exact) mass is 377 g/mol. The minimum Gasteiger partial charge on any atom is -0.452 e. The first-order chi connectivity index (χ1) is 12.9. The number of ether oxygens (including phenoxy) is 1. The minimum absolute atomic E-state index is 0.131. The number of hydrogen-bond acceptors (Lipinski definition) is 6. The zero-order valence-electron chi connectivity index (χ0n) is 16.1. The molecular weight excluding hydrogens is 350 g/mol. The van der Waals surface area contributed by atoms with Crippen LogP contribution in [0.1, 0.15) is 44.0 Å². The molecule has 0 bridgehead atoms. The Morgan fingerprint density at radius 2 is 1.89 bits per heavy atom. The molecule has 0 aliphatic carbocycles. The number of likely N-dealkylation sites (N-methyl/N-ethyl adjacent to an activating group) is 1. The van der Waals surface area contributed by atoms with Crippen molar-refractivity contribution in [2.24, 2.45) is 5.92 Å². The van der Waals surface area contributed by atoms with Gasteiger partial charge in [-0.3, -0.25) is 14.9 Å². The molecule has 1 aliphatic rings. The summed E-state index contributed by atoms with van der Waals surface area (Å²) in [5.41, 5.74) is 0.574. The Hall–Kier alpha value is -2.64. The van der Waals surface area contributed by atoms with Gasteiger partial charge in [0, 0.05) is 38.3 Å². The lowest BCUT2D eigenvalue weighted by Crippen LogP contribution is -2.35.